The van der Waals surface area contributed by atoms with Crippen molar-refractivity contribution in [2.45, 2.75) is 13.5 Å². The van der Waals surface area contributed by atoms with Crippen molar-refractivity contribution in [2.75, 3.05) is 5.32 Å². The van der Waals surface area contributed by atoms with Gasteiger partial charge in [-0.05, 0) is 31.2 Å². The number of aryl methyl sites for hydroxylation is 1. The van der Waals surface area contributed by atoms with Crippen molar-refractivity contribution in [2.24, 2.45) is 0 Å². The van der Waals surface area contributed by atoms with Crippen molar-refractivity contribution in [1.29, 1.82) is 0 Å². The first-order valence-electron chi connectivity index (χ1n) is 5.13. The molecule has 0 spiro atoms. The molecule has 1 heterocycles. The van der Waals surface area contributed by atoms with Gasteiger partial charge in [0.05, 0.1) is 12.1 Å². The minimum Gasteiger partial charge on any atom is -0.478 e. The summed E-state index contributed by atoms with van der Waals surface area (Å²) in [6.07, 6.45) is 0. The van der Waals surface area contributed by atoms with Crippen molar-refractivity contribution in [3.63, 3.8) is 0 Å². The van der Waals surface area contributed by atoms with E-state index in [0.29, 0.717) is 12.1 Å². The van der Waals surface area contributed by atoms with E-state index < -0.39 is 5.97 Å². The van der Waals surface area contributed by atoms with Gasteiger partial charge < -0.3 is 10.4 Å². The van der Waals surface area contributed by atoms with E-state index in [-0.39, 0.29) is 0 Å². The predicted octanol–water partition coefficient (Wildman–Crippen LogP) is 2.76. The molecule has 0 radical (unpaired) electrons. The average molecular weight is 248 g/mol. The highest BCUT2D eigenvalue weighted by Crippen LogP contribution is 2.13. The predicted molar refractivity (Wildman–Crippen MR) is 67.6 cm³/mol. The second kappa shape index (κ2) is 4.97. The van der Waals surface area contributed by atoms with Crippen molar-refractivity contribution in [1.82, 2.24) is 4.98 Å². The lowest BCUT2D eigenvalue weighted by Gasteiger charge is -2.04. The SMILES string of the molecule is Cc1csc(CNc2ccc(C(=O)O)cc2)n1. The summed E-state index contributed by atoms with van der Waals surface area (Å²) >= 11 is 1.61. The zero-order valence-corrected chi connectivity index (χ0v) is 10.1. The fraction of sp³-hybridized carbons (Fsp3) is 0.167. The van der Waals surface area contributed by atoms with Crippen LogP contribution in [0, 0.1) is 6.92 Å². The van der Waals surface area contributed by atoms with E-state index in [1.54, 1.807) is 35.6 Å². The van der Waals surface area contributed by atoms with Gasteiger partial charge >= 0.3 is 5.97 Å². The Morgan fingerprint density at radius 2 is 2.12 bits per heavy atom. The molecule has 0 amide bonds. The molecule has 2 N–H and O–H groups in total. The molecule has 5 heteroatoms. The molecule has 2 aromatic rings. The molecule has 1 aromatic carbocycles. The van der Waals surface area contributed by atoms with Gasteiger partial charge in [-0.1, -0.05) is 0 Å². The Morgan fingerprint density at radius 3 is 2.65 bits per heavy atom. The molecular weight excluding hydrogens is 236 g/mol. The topological polar surface area (TPSA) is 62.2 Å². The summed E-state index contributed by atoms with van der Waals surface area (Å²) in [6.45, 7) is 2.62. The van der Waals surface area contributed by atoms with E-state index in [0.717, 1.165) is 16.4 Å². The summed E-state index contributed by atoms with van der Waals surface area (Å²) in [7, 11) is 0. The summed E-state index contributed by atoms with van der Waals surface area (Å²) in [5.41, 5.74) is 2.21. The second-order valence-corrected chi connectivity index (χ2v) is 4.56. The van der Waals surface area contributed by atoms with Gasteiger partial charge in [-0.2, -0.15) is 0 Å². The fourth-order valence-electron chi connectivity index (χ4n) is 1.39. The first-order chi connectivity index (χ1) is 8.15. The summed E-state index contributed by atoms with van der Waals surface area (Å²) in [4.78, 5) is 15.0. The molecule has 17 heavy (non-hydrogen) atoms. The summed E-state index contributed by atoms with van der Waals surface area (Å²) in [5, 5.41) is 15.0. The molecule has 4 nitrogen and oxygen atoms in total. The third kappa shape index (κ3) is 3.04. The summed E-state index contributed by atoms with van der Waals surface area (Å²) in [6, 6.07) is 6.67. The number of nitrogens with zero attached hydrogens (tertiary/aromatic N) is 1. The molecule has 88 valence electrons. The van der Waals surface area contributed by atoms with Crippen molar-refractivity contribution in [3.05, 3.63) is 45.9 Å². The van der Waals surface area contributed by atoms with Crippen LogP contribution >= 0.6 is 11.3 Å². The maximum absolute atomic E-state index is 10.7. The summed E-state index contributed by atoms with van der Waals surface area (Å²) < 4.78 is 0. The van der Waals surface area contributed by atoms with Gasteiger partial charge in [-0.3, -0.25) is 0 Å². The molecule has 0 bridgehead atoms. The van der Waals surface area contributed by atoms with Crippen LogP contribution in [0.25, 0.3) is 0 Å². The first kappa shape index (κ1) is 11.6. The Kier molecular flexibility index (Phi) is 3.39. The van der Waals surface area contributed by atoms with Gasteiger partial charge in [0.25, 0.3) is 0 Å². The summed E-state index contributed by atoms with van der Waals surface area (Å²) in [5.74, 6) is -0.910. The standard InChI is InChI=1S/C12H12N2O2S/c1-8-7-17-11(14-8)6-13-10-4-2-9(3-5-10)12(15)16/h2-5,7,13H,6H2,1H3,(H,15,16). The molecule has 0 atom stereocenters. The van der Waals surface area contributed by atoms with Crippen LogP contribution in [-0.4, -0.2) is 16.1 Å². The normalized spacial score (nSPS) is 10.2. The molecule has 1 aromatic heterocycles. The smallest absolute Gasteiger partial charge is 0.335 e. The Balaban J connectivity index is 1.97. The largest absolute Gasteiger partial charge is 0.478 e. The van der Waals surface area contributed by atoms with Gasteiger partial charge in [0.2, 0.25) is 0 Å². The van der Waals surface area contributed by atoms with Gasteiger partial charge in [0.15, 0.2) is 0 Å². The number of aromatic carboxylic acids is 1. The number of benzene rings is 1. The van der Waals surface area contributed by atoms with Gasteiger partial charge in [-0.25, -0.2) is 9.78 Å². The van der Waals surface area contributed by atoms with Crippen LogP contribution in [0.2, 0.25) is 0 Å². The molecule has 0 aliphatic heterocycles. The van der Waals surface area contributed by atoms with Crippen molar-refractivity contribution < 1.29 is 9.90 Å². The highest BCUT2D eigenvalue weighted by molar-refractivity contribution is 7.09. The first-order valence-corrected chi connectivity index (χ1v) is 6.01. The molecule has 2 rings (SSSR count). The quantitative estimate of drug-likeness (QED) is 0.873. The lowest BCUT2D eigenvalue weighted by Crippen LogP contribution is -2.00. The monoisotopic (exact) mass is 248 g/mol. The van der Waals surface area contributed by atoms with Gasteiger partial charge in [0, 0.05) is 16.8 Å². The van der Waals surface area contributed by atoms with E-state index in [1.165, 1.54) is 0 Å². The number of thiazole rings is 1. The Bertz CT molecular complexity index is 520. The number of carboxylic acid groups (broad SMARTS) is 1. The number of carboxylic acids is 1. The molecule has 0 unspecified atom stereocenters. The molecule has 0 saturated heterocycles. The highest BCUT2D eigenvalue weighted by atomic mass is 32.1. The number of carbonyl (C=O) groups is 1. The van der Waals surface area contributed by atoms with E-state index in [4.69, 9.17) is 5.11 Å². The third-order valence-corrected chi connectivity index (χ3v) is 3.21. The Labute approximate surface area is 103 Å². The minimum absolute atomic E-state index is 0.292. The third-order valence-electron chi connectivity index (χ3n) is 2.24. The Morgan fingerprint density at radius 1 is 1.41 bits per heavy atom. The second-order valence-electron chi connectivity index (χ2n) is 3.62. The van der Waals surface area contributed by atoms with E-state index >= 15 is 0 Å². The maximum Gasteiger partial charge on any atom is 0.335 e. The van der Waals surface area contributed by atoms with Crippen LogP contribution in [0.5, 0.6) is 0 Å². The number of hydrogen-bond acceptors (Lipinski definition) is 4. The van der Waals surface area contributed by atoms with Crippen LogP contribution in [0.3, 0.4) is 0 Å². The van der Waals surface area contributed by atoms with Crippen LogP contribution in [-0.2, 0) is 6.54 Å². The van der Waals surface area contributed by atoms with Crippen LogP contribution in [0.4, 0.5) is 5.69 Å². The number of rotatable bonds is 4. The molecular formula is C12H12N2O2S. The van der Waals surface area contributed by atoms with Crippen LogP contribution in [0.15, 0.2) is 29.6 Å². The Hall–Kier alpha value is -1.88. The van der Waals surface area contributed by atoms with Gasteiger partial charge in [0.1, 0.15) is 5.01 Å². The van der Waals surface area contributed by atoms with Crippen molar-refractivity contribution >= 4 is 23.0 Å². The van der Waals surface area contributed by atoms with E-state index in [2.05, 4.69) is 10.3 Å². The fourth-order valence-corrected chi connectivity index (χ4v) is 2.10. The maximum atomic E-state index is 10.7. The lowest BCUT2D eigenvalue weighted by atomic mass is 10.2. The van der Waals surface area contributed by atoms with Crippen LogP contribution in [0.1, 0.15) is 21.1 Å². The number of aromatic nitrogens is 1. The zero-order chi connectivity index (χ0) is 12.3. The number of anilines is 1. The molecule has 0 fully saturated rings. The zero-order valence-electron chi connectivity index (χ0n) is 9.30. The number of nitrogens with one attached hydrogen (secondary N) is 1. The average Bonchev–Trinajstić information content (AvgIpc) is 2.73. The van der Waals surface area contributed by atoms with E-state index in [1.807, 2.05) is 12.3 Å². The highest BCUT2D eigenvalue weighted by Gasteiger charge is 2.02. The van der Waals surface area contributed by atoms with Crippen LogP contribution < -0.4 is 5.32 Å². The number of hydrogen-bond donors (Lipinski definition) is 2. The molecule has 0 aliphatic carbocycles. The minimum atomic E-state index is -0.910. The molecule has 0 aliphatic rings. The van der Waals surface area contributed by atoms with Gasteiger partial charge in [-0.15, -0.1) is 11.3 Å². The lowest BCUT2D eigenvalue weighted by molar-refractivity contribution is 0.0697. The van der Waals surface area contributed by atoms with Crippen molar-refractivity contribution in [3.8, 4) is 0 Å². The molecule has 0 saturated carbocycles. The van der Waals surface area contributed by atoms with E-state index in [9.17, 15) is 4.79 Å².